The van der Waals surface area contributed by atoms with Crippen LogP contribution in [0.1, 0.15) is 17.3 Å². The van der Waals surface area contributed by atoms with Gasteiger partial charge in [0.2, 0.25) is 0 Å². The standard InChI is InChI=1S/C14H13NO3/c1-2-15-8-11(10-6-4-3-5-7-10)13(16)12(9-15)14(17)18/h3-9H,2H2,1H3,(H,17,18)/p-1. The average molecular weight is 242 g/mol. The van der Waals surface area contributed by atoms with Crippen LogP contribution >= 0.6 is 0 Å². The molecule has 4 heteroatoms. The second-order valence-corrected chi connectivity index (χ2v) is 3.90. The Morgan fingerprint density at radius 1 is 1.22 bits per heavy atom. The van der Waals surface area contributed by atoms with Crippen LogP contribution < -0.4 is 10.5 Å². The van der Waals surface area contributed by atoms with Gasteiger partial charge in [-0.25, -0.2) is 0 Å². The number of nitrogens with zero attached hydrogens (tertiary/aromatic N) is 1. The molecular weight excluding hydrogens is 230 g/mol. The molecule has 0 N–H and O–H groups in total. The highest BCUT2D eigenvalue weighted by Gasteiger charge is 2.09. The molecule has 0 atom stereocenters. The summed E-state index contributed by atoms with van der Waals surface area (Å²) in [5.74, 6) is -1.44. The molecule has 2 aromatic rings. The molecule has 18 heavy (non-hydrogen) atoms. The van der Waals surface area contributed by atoms with Gasteiger partial charge in [-0.2, -0.15) is 0 Å². The number of hydrogen-bond donors (Lipinski definition) is 0. The van der Waals surface area contributed by atoms with E-state index in [0.717, 1.165) is 0 Å². The smallest absolute Gasteiger partial charge is 0.198 e. The third-order valence-corrected chi connectivity index (χ3v) is 2.75. The van der Waals surface area contributed by atoms with E-state index < -0.39 is 11.4 Å². The van der Waals surface area contributed by atoms with Crippen LogP contribution in [-0.4, -0.2) is 10.5 Å². The number of carboxylic acids is 1. The molecule has 2 rings (SSSR count). The van der Waals surface area contributed by atoms with Crippen LogP contribution in [0.25, 0.3) is 11.1 Å². The van der Waals surface area contributed by atoms with E-state index in [-0.39, 0.29) is 5.56 Å². The van der Waals surface area contributed by atoms with E-state index in [2.05, 4.69) is 0 Å². The maximum absolute atomic E-state index is 12.0. The molecule has 0 bridgehead atoms. The number of aryl methyl sites for hydroxylation is 1. The molecule has 1 heterocycles. The summed E-state index contributed by atoms with van der Waals surface area (Å²) in [6, 6.07) is 8.99. The highest BCUT2D eigenvalue weighted by molar-refractivity contribution is 5.87. The van der Waals surface area contributed by atoms with Crippen molar-refractivity contribution < 1.29 is 9.90 Å². The van der Waals surface area contributed by atoms with Gasteiger partial charge in [-0.05, 0) is 12.5 Å². The van der Waals surface area contributed by atoms with Crippen molar-refractivity contribution >= 4 is 5.97 Å². The topological polar surface area (TPSA) is 62.1 Å². The minimum Gasteiger partial charge on any atom is -0.545 e. The lowest BCUT2D eigenvalue weighted by Gasteiger charge is -2.11. The lowest BCUT2D eigenvalue weighted by atomic mass is 10.1. The second kappa shape index (κ2) is 4.87. The molecule has 92 valence electrons. The fraction of sp³-hybridized carbons (Fsp3) is 0.143. The van der Waals surface area contributed by atoms with Crippen molar-refractivity contribution in [1.82, 2.24) is 4.57 Å². The highest BCUT2D eigenvalue weighted by Crippen LogP contribution is 2.15. The van der Waals surface area contributed by atoms with Gasteiger partial charge in [-0.3, -0.25) is 4.79 Å². The average Bonchev–Trinajstić information content (AvgIpc) is 2.39. The molecule has 0 aliphatic carbocycles. The van der Waals surface area contributed by atoms with Crippen molar-refractivity contribution in [1.29, 1.82) is 0 Å². The van der Waals surface area contributed by atoms with Gasteiger partial charge in [0.05, 0.1) is 11.5 Å². The van der Waals surface area contributed by atoms with E-state index in [1.54, 1.807) is 35.0 Å². The number of carbonyl (C=O) groups is 1. The molecule has 1 aromatic heterocycles. The first-order chi connectivity index (χ1) is 8.63. The van der Waals surface area contributed by atoms with E-state index >= 15 is 0 Å². The Morgan fingerprint density at radius 3 is 2.44 bits per heavy atom. The van der Waals surface area contributed by atoms with Crippen molar-refractivity contribution in [2.24, 2.45) is 0 Å². The molecule has 0 spiro atoms. The van der Waals surface area contributed by atoms with Crippen molar-refractivity contribution in [2.45, 2.75) is 13.5 Å². The summed E-state index contributed by atoms with van der Waals surface area (Å²) >= 11 is 0. The molecule has 1 aromatic carbocycles. The zero-order chi connectivity index (χ0) is 13.1. The zero-order valence-corrected chi connectivity index (χ0v) is 9.92. The van der Waals surface area contributed by atoms with Crippen molar-refractivity contribution in [3.8, 4) is 11.1 Å². The number of carbonyl (C=O) groups excluding carboxylic acids is 1. The Bertz CT molecular complexity index is 629. The van der Waals surface area contributed by atoms with Crippen LogP contribution in [0.2, 0.25) is 0 Å². The summed E-state index contributed by atoms with van der Waals surface area (Å²) in [7, 11) is 0. The van der Waals surface area contributed by atoms with Crippen molar-refractivity contribution in [2.75, 3.05) is 0 Å². The fourth-order valence-corrected chi connectivity index (χ4v) is 1.78. The molecule has 0 saturated carbocycles. The van der Waals surface area contributed by atoms with E-state index in [0.29, 0.717) is 17.7 Å². The summed E-state index contributed by atoms with van der Waals surface area (Å²) in [4.78, 5) is 23.0. The minimum atomic E-state index is -1.44. The van der Waals surface area contributed by atoms with Gasteiger partial charge < -0.3 is 14.5 Å². The summed E-state index contributed by atoms with van der Waals surface area (Å²) in [5.41, 5.74) is 0.260. The molecule has 0 fully saturated rings. The summed E-state index contributed by atoms with van der Waals surface area (Å²) < 4.78 is 1.66. The van der Waals surface area contributed by atoms with Gasteiger partial charge in [0.25, 0.3) is 0 Å². The Labute approximate surface area is 104 Å². The van der Waals surface area contributed by atoms with E-state index in [9.17, 15) is 14.7 Å². The molecule has 4 nitrogen and oxygen atoms in total. The van der Waals surface area contributed by atoms with Crippen LogP contribution in [0.15, 0.2) is 47.5 Å². The first-order valence-electron chi connectivity index (χ1n) is 5.64. The Hall–Kier alpha value is -2.36. The van der Waals surface area contributed by atoms with Crippen molar-refractivity contribution in [3.63, 3.8) is 0 Å². The van der Waals surface area contributed by atoms with E-state index in [1.807, 2.05) is 13.0 Å². The van der Waals surface area contributed by atoms with Gasteiger partial charge in [0.15, 0.2) is 5.43 Å². The summed E-state index contributed by atoms with van der Waals surface area (Å²) in [6.45, 7) is 2.46. The van der Waals surface area contributed by atoms with Crippen LogP contribution in [0, 0.1) is 0 Å². The predicted octanol–water partition coefficient (Wildman–Crippen LogP) is 0.899. The van der Waals surface area contributed by atoms with Crippen LogP contribution in [-0.2, 0) is 6.54 Å². The van der Waals surface area contributed by atoms with E-state index in [4.69, 9.17) is 0 Å². The number of aromatic nitrogens is 1. The maximum atomic E-state index is 12.0. The quantitative estimate of drug-likeness (QED) is 0.803. The second-order valence-electron chi connectivity index (χ2n) is 3.90. The van der Waals surface area contributed by atoms with Crippen LogP contribution in [0.4, 0.5) is 0 Å². The molecule has 0 amide bonds. The molecular formula is C14H12NO3-. The lowest BCUT2D eigenvalue weighted by molar-refractivity contribution is -0.255. The van der Waals surface area contributed by atoms with Crippen LogP contribution in [0.3, 0.4) is 0 Å². The fourth-order valence-electron chi connectivity index (χ4n) is 1.78. The monoisotopic (exact) mass is 242 g/mol. The van der Waals surface area contributed by atoms with Gasteiger partial charge in [0.1, 0.15) is 0 Å². The first-order valence-corrected chi connectivity index (χ1v) is 5.64. The third kappa shape index (κ3) is 2.18. The first kappa shape index (κ1) is 12.1. The Balaban J connectivity index is 2.71. The molecule has 0 radical (unpaired) electrons. The minimum absolute atomic E-state index is 0.307. The third-order valence-electron chi connectivity index (χ3n) is 2.75. The largest absolute Gasteiger partial charge is 0.545 e. The van der Waals surface area contributed by atoms with Gasteiger partial charge in [0, 0.05) is 24.5 Å². The Kier molecular flexibility index (Phi) is 3.28. The van der Waals surface area contributed by atoms with E-state index in [1.165, 1.54) is 6.20 Å². The van der Waals surface area contributed by atoms with Gasteiger partial charge >= 0.3 is 0 Å². The highest BCUT2D eigenvalue weighted by atomic mass is 16.4. The lowest BCUT2D eigenvalue weighted by Crippen LogP contribution is -2.30. The number of hydrogen-bond acceptors (Lipinski definition) is 3. The summed E-state index contributed by atoms with van der Waals surface area (Å²) in [5, 5.41) is 10.9. The molecule has 0 aliphatic rings. The number of benzene rings is 1. The predicted molar refractivity (Wildman–Crippen MR) is 66.1 cm³/mol. The van der Waals surface area contributed by atoms with Gasteiger partial charge in [-0.15, -0.1) is 0 Å². The van der Waals surface area contributed by atoms with Gasteiger partial charge in [-0.1, -0.05) is 30.3 Å². The van der Waals surface area contributed by atoms with Crippen LogP contribution in [0.5, 0.6) is 0 Å². The zero-order valence-electron chi connectivity index (χ0n) is 9.92. The molecule has 0 saturated heterocycles. The normalized spacial score (nSPS) is 10.3. The number of rotatable bonds is 3. The SMILES string of the molecule is CCn1cc(C(=O)[O-])c(=O)c(-c2ccccc2)c1. The number of aromatic carboxylic acids is 1. The number of pyridine rings is 1. The summed E-state index contributed by atoms with van der Waals surface area (Å²) in [6.07, 6.45) is 2.97. The molecule has 0 aliphatic heterocycles. The molecule has 0 unspecified atom stereocenters. The Morgan fingerprint density at radius 2 is 1.89 bits per heavy atom. The maximum Gasteiger partial charge on any atom is 0.198 e. The van der Waals surface area contributed by atoms with Crippen molar-refractivity contribution in [3.05, 3.63) is 58.5 Å². The number of carboxylic acid groups (broad SMARTS) is 1.